The molecule has 0 radical (unpaired) electrons. The summed E-state index contributed by atoms with van der Waals surface area (Å²) in [5.41, 5.74) is 2.52. The van der Waals surface area contributed by atoms with Gasteiger partial charge in [-0.15, -0.1) is 0 Å². The van der Waals surface area contributed by atoms with E-state index in [4.69, 9.17) is 0 Å². The summed E-state index contributed by atoms with van der Waals surface area (Å²) in [4.78, 5) is 34.7. The third kappa shape index (κ3) is 3.72. The zero-order valence-corrected chi connectivity index (χ0v) is 16.7. The van der Waals surface area contributed by atoms with Gasteiger partial charge in [0.2, 0.25) is 0 Å². The molecule has 2 aromatic heterocycles. The first-order chi connectivity index (χ1) is 14.1. The van der Waals surface area contributed by atoms with Crippen molar-refractivity contribution in [3.63, 3.8) is 0 Å². The Morgan fingerprint density at radius 1 is 1.17 bits per heavy atom. The molecule has 4 rings (SSSR count). The Kier molecular flexibility index (Phi) is 5.29. The minimum atomic E-state index is -0.309. The zero-order chi connectivity index (χ0) is 20.4. The van der Waals surface area contributed by atoms with Crippen LogP contribution in [0.4, 0.5) is 5.69 Å². The molecule has 1 unspecified atom stereocenters. The number of carbonyl (C=O) groups is 2. The van der Waals surface area contributed by atoms with Crippen molar-refractivity contribution >= 4 is 28.4 Å². The Balaban J connectivity index is 1.67. The number of rotatable bonds is 5. The summed E-state index contributed by atoms with van der Waals surface area (Å²) in [5, 5.41) is 6.85. The molecule has 0 saturated heterocycles. The Labute approximate surface area is 169 Å². The second-order valence-corrected chi connectivity index (χ2v) is 7.46. The number of hydrogen-bond acceptors (Lipinski definition) is 4. The van der Waals surface area contributed by atoms with Crippen molar-refractivity contribution < 1.29 is 9.59 Å². The standard InChI is InChI=1S/C22H25N5O2/c1-3-14(2)24-22(29)20-26-19(17-11-4-5-13-27(17)20)21(28)25-16-10-6-8-15-9-7-12-23-18(15)16/h6-10,12,14H,3-5,11,13H2,1-2H3,(H,24,29)(H,25,28). The number of fused-ring (bicyclic) bond motifs is 2. The van der Waals surface area contributed by atoms with Gasteiger partial charge in [-0.25, -0.2) is 4.98 Å². The topological polar surface area (TPSA) is 88.9 Å². The minimum Gasteiger partial charge on any atom is -0.347 e. The van der Waals surface area contributed by atoms with Gasteiger partial charge in [0.05, 0.1) is 16.9 Å². The number of amides is 2. The van der Waals surface area contributed by atoms with E-state index in [-0.39, 0.29) is 17.9 Å². The number of imidazole rings is 1. The maximum atomic E-state index is 13.1. The van der Waals surface area contributed by atoms with Crippen LogP contribution in [0, 0.1) is 0 Å². The lowest BCUT2D eigenvalue weighted by Gasteiger charge is -2.18. The lowest BCUT2D eigenvalue weighted by atomic mass is 10.1. The predicted molar refractivity (Wildman–Crippen MR) is 112 cm³/mol. The molecule has 0 spiro atoms. The third-order valence-electron chi connectivity index (χ3n) is 5.41. The number of carbonyl (C=O) groups excluding carboxylic acids is 2. The SMILES string of the molecule is CCC(C)NC(=O)c1nc(C(=O)Nc2cccc3cccnc23)c2n1CCCC2. The van der Waals surface area contributed by atoms with Gasteiger partial charge in [-0.05, 0) is 44.7 Å². The molecular formula is C22H25N5O2. The first-order valence-electron chi connectivity index (χ1n) is 10.1. The van der Waals surface area contributed by atoms with Gasteiger partial charge in [0, 0.05) is 24.2 Å². The molecule has 0 bridgehead atoms. The summed E-state index contributed by atoms with van der Waals surface area (Å²) in [6.45, 7) is 4.68. The molecule has 1 aliphatic heterocycles. The highest BCUT2D eigenvalue weighted by Crippen LogP contribution is 2.24. The minimum absolute atomic E-state index is 0.0538. The van der Waals surface area contributed by atoms with Crippen LogP contribution in [0.25, 0.3) is 10.9 Å². The maximum absolute atomic E-state index is 13.1. The van der Waals surface area contributed by atoms with Crippen LogP contribution in [-0.2, 0) is 13.0 Å². The van der Waals surface area contributed by atoms with Gasteiger partial charge in [-0.3, -0.25) is 14.6 Å². The number of hydrogen-bond donors (Lipinski definition) is 2. The summed E-state index contributed by atoms with van der Waals surface area (Å²) < 4.78 is 1.90. The highest BCUT2D eigenvalue weighted by atomic mass is 16.2. The summed E-state index contributed by atoms with van der Waals surface area (Å²) in [7, 11) is 0. The highest BCUT2D eigenvalue weighted by Gasteiger charge is 2.28. The molecule has 0 fully saturated rings. The average molecular weight is 391 g/mol. The van der Waals surface area contributed by atoms with Crippen LogP contribution in [-0.4, -0.2) is 32.4 Å². The van der Waals surface area contributed by atoms with Gasteiger partial charge in [0.1, 0.15) is 0 Å². The zero-order valence-electron chi connectivity index (χ0n) is 16.7. The monoisotopic (exact) mass is 391 g/mol. The fourth-order valence-corrected chi connectivity index (χ4v) is 3.68. The van der Waals surface area contributed by atoms with Crippen LogP contribution in [0.5, 0.6) is 0 Å². The quantitative estimate of drug-likeness (QED) is 0.696. The summed E-state index contributed by atoms with van der Waals surface area (Å²) in [6, 6.07) is 9.53. The van der Waals surface area contributed by atoms with E-state index in [9.17, 15) is 9.59 Å². The maximum Gasteiger partial charge on any atom is 0.287 e. The lowest BCUT2D eigenvalue weighted by Crippen LogP contribution is -2.34. The summed E-state index contributed by atoms with van der Waals surface area (Å²) in [5.74, 6) is -0.217. The van der Waals surface area contributed by atoms with E-state index in [0.717, 1.165) is 42.3 Å². The fraction of sp³-hybridized carbons (Fsp3) is 0.364. The van der Waals surface area contributed by atoms with E-state index < -0.39 is 0 Å². The van der Waals surface area contributed by atoms with Crippen molar-refractivity contribution in [2.45, 2.75) is 52.1 Å². The molecule has 7 nitrogen and oxygen atoms in total. The number of pyridine rings is 1. The van der Waals surface area contributed by atoms with Gasteiger partial charge in [-0.1, -0.05) is 25.1 Å². The molecule has 3 heterocycles. The number of aromatic nitrogens is 3. The summed E-state index contributed by atoms with van der Waals surface area (Å²) >= 11 is 0. The molecule has 3 aromatic rings. The Morgan fingerprint density at radius 2 is 2.00 bits per heavy atom. The van der Waals surface area contributed by atoms with Gasteiger partial charge < -0.3 is 15.2 Å². The number of para-hydroxylation sites is 1. The van der Waals surface area contributed by atoms with Crippen molar-refractivity contribution in [2.24, 2.45) is 0 Å². The second kappa shape index (κ2) is 8.03. The molecular weight excluding hydrogens is 366 g/mol. The molecule has 150 valence electrons. The molecule has 2 amide bonds. The Bertz CT molecular complexity index is 1070. The van der Waals surface area contributed by atoms with Crippen molar-refractivity contribution in [3.05, 3.63) is 53.7 Å². The van der Waals surface area contributed by atoms with E-state index in [1.54, 1.807) is 6.20 Å². The number of benzene rings is 1. The van der Waals surface area contributed by atoms with Gasteiger partial charge in [-0.2, -0.15) is 0 Å². The Morgan fingerprint density at radius 3 is 2.83 bits per heavy atom. The largest absolute Gasteiger partial charge is 0.347 e. The van der Waals surface area contributed by atoms with Crippen LogP contribution in [0.1, 0.15) is 59.9 Å². The number of anilines is 1. The van der Waals surface area contributed by atoms with Crippen LogP contribution < -0.4 is 10.6 Å². The molecule has 0 saturated carbocycles. The van der Waals surface area contributed by atoms with Crippen LogP contribution in [0.2, 0.25) is 0 Å². The smallest absolute Gasteiger partial charge is 0.287 e. The normalized spacial score (nSPS) is 14.3. The van der Waals surface area contributed by atoms with Crippen LogP contribution in [0.15, 0.2) is 36.5 Å². The highest BCUT2D eigenvalue weighted by molar-refractivity contribution is 6.08. The molecule has 0 aliphatic carbocycles. The van der Waals surface area contributed by atoms with Crippen molar-refractivity contribution in [1.82, 2.24) is 19.9 Å². The molecule has 1 atom stereocenters. The lowest BCUT2D eigenvalue weighted by molar-refractivity contribution is 0.0923. The van der Waals surface area contributed by atoms with Crippen molar-refractivity contribution in [2.75, 3.05) is 5.32 Å². The average Bonchev–Trinajstić information content (AvgIpc) is 3.14. The Hall–Kier alpha value is -3.22. The van der Waals surface area contributed by atoms with Crippen molar-refractivity contribution in [3.8, 4) is 0 Å². The molecule has 7 heteroatoms. The predicted octanol–water partition coefficient (Wildman–Crippen LogP) is 3.55. The van der Waals surface area contributed by atoms with E-state index >= 15 is 0 Å². The second-order valence-electron chi connectivity index (χ2n) is 7.46. The molecule has 1 aliphatic rings. The third-order valence-corrected chi connectivity index (χ3v) is 5.41. The van der Waals surface area contributed by atoms with Gasteiger partial charge in [0.25, 0.3) is 11.8 Å². The van der Waals surface area contributed by atoms with Crippen molar-refractivity contribution in [1.29, 1.82) is 0 Å². The number of nitrogens with zero attached hydrogens (tertiary/aromatic N) is 3. The van der Waals surface area contributed by atoms with Gasteiger partial charge in [0.15, 0.2) is 11.5 Å². The fourth-order valence-electron chi connectivity index (χ4n) is 3.68. The van der Waals surface area contributed by atoms with E-state index in [1.807, 2.05) is 48.7 Å². The van der Waals surface area contributed by atoms with E-state index in [1.165, 1.54) is 0 Å². The first-order valence-corrected chi connectivity index (χ1v) is 10.1. The van der Waals surface area contributed by atoms with Crippen LogP contribution >= 0.6 is 0 Å². The first kappa shape index (κ1) is 19.1. The van der Waals surface area contributed by atoms with Crippen LogP contribution in [0.3, 0.4) is 0 Å². The van der Waals surface area contributed by atoms with Gasteiger partial charge >= 0.3 is 0 Å². The van der Waals surface area contributed by atoms with E-state index in [0.29, 0.717) is 23.8 Å². The molecule has 2 N–H and O–H groups in total. The summed E-state index contributed by atoms with van der Waals surface area (Å²) in [6.07, 6.45) is 5.23. The molecule has 29 heavy (non-hydrogen) atoms. The van der Waals surface area contributed by atoms with E-state index in [2.05, 4.69) is 20.6 Å². The molecule has 1 aromatic carbocycles. The number of nitrogens with one attached hydrogen (secondary N) is 2.